The number of hydrogen-bond acceptors (Lipinski definition) is 2. The number of urea groups is 1. The van der Waals surface area contributed by atoms with E-state index in [1.807, 2.05) is 38.1 Å². The van der Waals surface area contributed by atoms with Crippen LogP contribution in [0.15, 0.2) is 24.3 Å². The number of carbonyl (C=O) groups is 1. The minimum atomic E-state index is -0.162. The van der Waals surface area contributed by atoms with Crippen molar-refractivity contribution in [1.29, 1.82) is 0 Å². The fourth-order valence-electron chi connectivity index (χ4n) is 1.33. The lowest BCUT2D eigenvalue weighted by Gasteiger charge is -2.07. The van der Waals surface area contributed by atoms with Gasteiger partial charge in [0.2, 0.25) is 0 Å². The fraction of sp³-hybridized carbons (Fsp3) is 0.462. The lowest BCUT2D eigenvalue weighted by molar-refractivity contribution is 0.149. The molecule has 1 rings (SSSR count). The topological polar surface area (TPSA) is 50.4 Å². The van der Waals surface area contributed by atoms with Crippen LogP contribution >= 0.6 is 0 Å². The van der Waals surface area contributed by atoms with Gasteiger partial charge in [-0.05, 0) is 19.4 Å². The molecule has 0 unspecified atom stereocenters. The second kappa shape index (κ2) is 7.68. The first-order valence-electron chi connectivity index (χ1n) is 5.87. The quantitative estimate of drug-likeness (QED) is 0.740. The van der Waals surface area contributed by atoms with Gasteiger partial charge in [0.25, 0.3) is 0 Å². The van der Waals surface area contributed by atoms with E-state index in [4.69, 9.17) is 4.74 Å². The van der Waals surface area contributed by atoms with Crippen molar-refractivity contribution in [2.24, 2.45) is 0 Å². The van der Waals surface area contributed by atoms with Crippen molar-refractivity contribution < 1.29 is 9.53 Å². The first-order valence-corrected chi connectivity index (χ1v) is 5.87. The Morgan fingerprint density at radius 3 is 2.59 bits per heavy atom. The summed E-state index contributed by atoms with van der Waals surface area (Å²) >= 11 is 0. The van der Waals surface area contributed by atoms with Gasteiger partial charge in [0.1, 0.15) is 0 Å². The van der Waals surface area contributed by atoms with E-state index in [9.17, 15) is 4.79 Å². The Morgan fingerprint density at radius 2 is 1.94 bits per heavy atom. The van der Waals surface area contributed by atoms with Crippen molar-refractivity contribution in [3.63, 3.8) is 0 Å². The third-order valence-corrected chi connectivity index (χ3v) is 2.31. The number of ether oxygens (including phenoxy) is 1. The van der Waals surface area contributed by atoms with Gasteiger partial charge in [-0.3, -0.25) is 0 Å². The summed E-state index contributed by atoms with van der Waals surface area (Å²) in [7, 11) is 0. The Labute approximate surface area is 102 Å². The average Bonchev–Trinajstić information content (AvgIpc) is 2.34. The van der Waals surface area contributed by atoms with Crippen molar-refractivity contribution in [3.8, 4) is 0 Å². The van der Waals surface area contributed by atoms with Crippen LogP contribution < -0.4 is 10.6 Å². The van der Waals surface area contributed by atoms with Gasteiger partial charge >= 0.3 is 6.03 Å². The molecule has 0 heterocycles. The Bertz CT molecular complexity index is 336. The highest BCUT2D eigenvalue weighted by Crippen LogP contribution is 2.02. The molecule has 0 fully saturated rings. The normalized spacial score (nSPS) is 10.0. The van der Waals surface area contributed by atoms with E-state index in [0.29, 0.717) is 26.3 Å². The maximum absolute atomic E-state index is 11.4. The zero-order valence-corrected chi connectivity index (χ0v) is 10.5. The van der Waals surface area contributed by atoms with Crippen molar-refractivity contribution in [2.45, 2.75) is 20.4 Å². The number of benzene rings is 1. The number of carbonyl (C=O) groups excluding carboxylic acids is 1. The lowest BCUT2D eigenvalue weighted by atomic mass is 10.1. The Morgan fingerprint density at radius 1 is 1.24 bits per heavy atom. The molecule has 1 aromatic rings. The molecule has 0 saturated carbocycles. The molecule has 0 radical (unpaired) electrons. The lowest BCUT2D eigenvalue weighted by Crippen LogP contribution is -2.36. The third kappa shape index (κ3) is 5.92. The molecule has 0 bridgehead atoms. The number of hydrogen-bond donors (Lipinski definition) is 2. The molecule has 1 aromatic carbocycles. The van der Waals surface area contributed by atoms with Gasteiger partial charge in [-0.25, -0.2) is 4.79 Å². The molecule has 2 N–H and O–H groups in total. The predicted octanol–water partition coefficient (Wildman–Crippen LogP) is 1.83. The van der Waals surface area contributed by atoms with Gasteiger partial charge in [-0.15, -0.1) is 0 Å². The molecular weight excluding hydrogens is 216 g/mol. The van der Waals surface area contributed by atoms with E-state index in [2.05, 4.69) is 10.6 Å². The molecule has 0 saturated heterocycles. The minimum absolute atomic E-state index is 0.162. The predicted molar refractivity (Wildman–Crippen MR) is 67.9 cm³/mol. The summed E-state index contributed by atoms with van der Waals surface area (Å²) < 4.78 is 5.12. The van der Waals surface area contributed by atoms with E-state index in [1.165, 1.54) is 5.56 Å². The zero-order valence-electron chi connectivity index (χ0n) is 10.5. The summed E-state index contributed by atoms with van der Waals surface area (Å²) in [4.78, 5) is 11.4. The zero-order chi connectivity index (χ0) is 12.5. The van der Waals surface area contributed by atoms with Crippen LogP contribution in [0.3, 0.4) is 0 Å². The van der Waals surface area contributed by atoms with Crippen LogP contribution in [0.2, 0.25) is 0 Å². The molecule has 17 heavy (non-hydrogen) atoms. The first kappa shape index (κ1) is 13.5. The summed E-state index contributed by atoms with van der Waals surface area (Å²) in [5, 5.41) is 5.51. The highest BCUT2D eigenvalue weighted by atomic mass is 16.5. The Kier molecular flexibility index (Phi) is 6.10. The van der Waals surface area contributed by atoms with Crippen LogP contribution in [0.5, 0.6) is 0 Å². The summed E-state index contributed by atoms with van der Waals surface area (Å²) in [5.41, 5.74) is 2.31. The van der Waals surface area contributed by atoms with Crippen LogP contribution in [0, 0.1) is 6.92 Å². The molecule has 0 aliphatic carbocycles. The maximum Gasteiger partial charge on any atom is 0.315 e. The van der Waals surface area contributed by atoms with Crippen LogP contribution in [-0.4, -0.2) is 25.8 Å². The van der Waals surface area contributed by atoms with Crippen molar-refractivity contribution >= 4 is 6.03 Å². The van der Waals surface area contributed by atoms with Crippen LogP contribution in [-0.2, 0) is 11.3 Å². The van der Waals surface area contributed by atoms with Crippen molar-refractivity contribution in [2.75, 3.05) is 19.8 Å². The number of nitrogens with one attached hydrogen (secondary N) is 2. The Hall–Kier alpha value is -1.55. The molecule has 4 heteroatoms. The molecule has 4 nitrogen and oxygen atoms in total. The van der Waals surface area contributed by atoms with E-state index < -0.39 is 0 Å². The molecular formula is C13H20N2O2. The van der Waals surface area contributed by atoms with Gasteiger partial charge in [0.15, 0.2) is 0 Å². The molecule has 94 valence electrons. The van der Waals surface area contributed by atoms with Gasteiger partial charge in [-0.2, -0.15) is 0 Å². The van der Waals surface area contributed by atoms with Gasteiger partial charge in [0, 0.05) is 19.7 Å². The maximum atomic E-state index is 11.4. The second-order valence-electron chi connectivity index (χ2n) is 3.79. The smallest absolute Gasteiger partial charge is 0.315 e. The summed E-state index contributed by atoms with van der Waals surface area (Å²) in [5.74, 6) is 0. The molecule has 2 amide bonds. The van der Waals surface area contributed by atoms with E-state index in [0.717, 1.165) is 5.56 Å². The molecule has 0 atom stereocenters. The SMILES string of the molecule is CCOCCNC(=O)NCc1ccc(C)cc1. The fourth-order valence-corrected chi connectivity index (χ4v) is 1.33. The summed E-state index contributed by atoms with van der Waals surface area (Å²) in [6.45, 7) is 6.27. The molecule has 0 aliphatic rings. The van der Waals surface area contributed by atoms with E-state index >= 15 is 0 Å². The van der Waals surface area contributed by atoms with Crippen molar-refractivity contribution in [3.05, 3.63) is 35.4 Å². The van der Waals surface area contributed by atoms with E-state index in [-0.39, 0.29) is 6.03 Å². The summed E-state index contributed by atoms with van der Waals surface area (Å²) in [6, 6.07) is 7.92. The monoisotopic (exact) mass is 236 g/mol. The van der Waals surface area contributed by atoms with Crippen LogP contribution in [0.25, 0.3) is 0 Å². The Balaban J connectivity index is 2.17. The standard InChI is InChI=1S/C13H20N2O2/c1-3-17-9-8-14-13(16)15-10-12-6-4-11(2)5-7-12/h4-7H,3,8-10H2,1-2H3,(H2,14,15,16). The summed E-state index contributed by atoms with van der Waals surface area (Å²) in [6.07, 6.45) is 0. The van der Waals surface area contributed by atoms with Gasteiger partial charge in [0.05, 0.1) is 6.61 Å². The largest absolute Gasteiger partial charge is 0.380 e. The second-order valence-corrected chi connectivity index (χ2v) is 3.79. The van der Waals surface area contributed by atoms with Crippen LogP contribution in [0.4, 0.5) is 4.79 Å². The number of amides is 2. The number of rotatable bonds is 6. The van der Waals surface area contributed by atoms with Crippen LogP contribution in [0.1, 0.15) is 18.1 Å². The van der Waals surface area contributed by atoms with E-state index in [1.54, 1.807) is 0 Å². The molecule has 0 aromatic heterocycles. The van der Waals surface area contributed by atoms with Crippen molar-refractivity contribution in [1.82, 2.24) is 10.6 Å². The number of aryl methyl sites for hydroxylation is 1. The average molecular weight is 236 g/mol. The van der Waals surface area contributed by atoms with Gasteiger partial charge in [-0.1, -0.05) is 29.8 Å². The van der Waals surface area contributed by atoms with Gasteiger partial charge < -0.3 is 15.4 Å². The first-order chi connectivity index (χ1) is 8.22. The third-order valence-electron chi connectivity index (χ3n) is 2.31. The molecule has 0 spiro atoms. The minimum Gasteiger partial charge on any atom is -0.380 e. The highest BCUT2D eigenvalue weighted by molar-refractivity contribution is 5.73. The molecule has 0 aliphatic heterocycles. The highest BCUT2D eigenvalue weighted by Gasteiger charge is 1.99.